The summed E-state index contributed by atoms with van der Waals surface area (Å²) in [6, 6.07) is 0. The SMILES string of the molecule is CCCC(CC)S(=O)(=O)OS(=O)(=O)C(CC)CCC. The normalized spacial score (nSPS) is 16.2. The van der Waals surface area contributed by atoms with Crippen molar-refractivity contribution in [3.05, 3.63) is 0 Å². The lowest BCUT2D eigenvalue weighted by Gasteiger charge is -2.18. The van der Waals surface area contributed by atoms with E-state index in [0.29, 0.717) is 38.5 Å². The summed E-state index contributed by atoms with van der Waals surface area (Å²) in [6.07, 6.45) is 2.89. The molecule has 0 rings (SSSR count). The standard InChI is InChI=1S/C12H26O5S2/c1-5-9-11(7-3)18(13,14)17-19(15,16)12(8-4)10-6-2/h11-12H,5-10H2,1-4H3. The zero-order valence-electron chi connectivity index (χ0n) is 12.3. The Balaban J connectivity index is 5.08. The molecule has 0 aromatic carbocycles. The van der Waals surface area contributed by atoms with Crippen LogP contribution in [-0.4, -0.2) is 27.3 Å². The van der Waals surface area contributed by atoms with Crippen LogP contribution in [0.5, 0.6) is 0 Å². The summed E-state index contributed by atoms with van der Waals surface area (Å²) in [4.78, 5) is 0. The minimum atomic E-state index is -4.05. The van der Waals surface area contributed by atoms with Gasteiger partial charge >= 0.3 is 0 Å². The first-order chi connectivity index (χ1) is 8.75. The van der Waals surface area contributed by atoms with Gasteiger partial charge in [0.2, 0.25) is 0 Å². The van der Waals surface area contributed by atoms with Crippen molar-refractivity contribution < 1.29 is 20.5 Å². The molecule has 0 N–H and O–H groups in total. The fraction of sp³-hybridized carbons (Fsp3) is 1.00. The molecule has 0 spiro atoms. The maximum Gasteiger partial charge on any atom is 0.284 e. The average Bonchev–Trinajstić information content (AvgIpc) is 2.30. The molecule has 0 amide bonds. The summed E-state index contributed by atoms with van der Waals surface area (Å²) in [5.41, 5.74) is 0. The fourth-order valence-corrected chi connectivity index (χ4v) is 5.80. The molecule has 2 atom stereocenters. The molecule has 0 heterocycles. The number of hydrogen-bond acceptors (Lipinski definition) is 5. The van der Waals surface area contributed by atoms with Gasteiger partial charge in [0.15, 0.2) is 0 Å². The van der Waals surface area contributed by atoms with Gasteiger partial charge in [-0.05, 0) is 25.7 Å². The first kappa shape index (κ1) is 18.9. The van der Waals surface area contributed by atoms with Crippen LogP contribution in [0.3, 0.4) is 0 Å². The summed E-state index contributed by atoms with van der Waals surface area (Å²) in [6.45, 7) is 7.16. The molecule has 0 aromatic rings. The maximum absolute atomic E-state index is 12.0. The quantitative estimate of drug-likeness (QED) is 0.619. The number of hydrogen-bond donors (Lipinski definition) is 0. The molecule has 0 aromatic heterocycles. The van der Waals surface area contributed by atoms with E-state index in [0.717, 1.165) is 0 Å². The Morgan fingerprint density at radius 2 is 1.05 bits per heavy atom. The van der Waals surface area contributed by atoms with Gasteiger partial charge in [0.1, 0.15) is 0 Å². The predicted molar refractivity (Wildman–Crippen MR) is 76.9 cm³/mol. The molecule has 0 radical (unpaired) electrons. The van der Waals surface area contributed by atoms with Gasteiger partial charge in [-0.3, -0.25) is 0 Å². The molecule has 7 heteroatoms. The van der Waals surface area contributed by atoms with Crippen molar-refractivity contribution in [1.29, 1.82) is 0 Å². The molecule has 0 aliphatic rings. The third kappa shape index (κ3) is 5.79. The van der Waals surface area contributed by atoms with Crippen LogP contribution >= 0.6 is 0 Å². The van der Waals surface area contributed by atoms with Gasteiger partial charge in [0.05, 0.1) is 10.5 Å². The van der Waals surface area contributed by atoms with Gasteiger partial charge in [-0.25, -0.2) is 0 Å². The Morgan fingerprint density at radius 3 is 1.26 bits per heavy atom. The third-order valence-corrected chi connectivity index (χ3v) is 7.43. The molecule has 0 aliphatic heterocycles. The largest absolute Gasteiger partial charge is 0.284 e. The molecule has 2 unspecified atom stereocenters. The van der Waals surface area contributed by atoms with Crippen LogP contribution in [0, 0.1) is 0 Å². The van der Waals surface area contributed by atoms with Crippen molar-refractivity contribution in [2.45, 2.75) is 76.7 Å². The lowest BCUT2D eigenvalue weighted by molar-refractivity contribution is 0.432. The molecule has 0 bridgehead atoms. The summed E-state index contributed by atoms with van der Waals surface area (Å²) >= 11 is 0. The van der Waals surface area contributed by atoms with Crippen LogP contribution in [-0.2, 0) is 23.9 Å². The molecular formula is C12H26O5S2. The molecule has 19 heavy (non-hydrogen) atoms. The van der Waals surface area contributed by atoms with E-state index in [9.17, 15) is 16.8 Å². The smallest absolute Gasteiger partial charge is 0.198 e. The topological polar surface area (TPSA) is 77.5 Å². The van der Waals surface area contributed by atoms with Crippen LogP contribution in [0.15, 0.2) is 0 Å². The first-order valence-corrected chi connectivity index (χ1v) is 9.88. The van der Waals surface area contributed by atoms with Crippen molar-refractivity contribution in [2.24, 2.45) is 0 Å². The van der Waals surface area contributed by atoms with E-state index in [2.05, 4.69) is 3.63 Å². The van der Waals surface area contributed by atoms with E-state index in [1.807, 2.05) is 13.8 Å². The molecule has 5 nitrogen and oxygen atoms in total. The second kappa shape index (κ2) is 8.21. The molecule has 0 saturated carbocycles. The third-order valence-electron chi connectivity index (χ3n) is 3.14. The average molecular weight is 314 g/mol. The van der Waals surface area contributed by atoms with E-state index >= 15 is 0 Å². The van der Waals surface area contributed by atoms with Crippen molar-refractivity contribution in [3.8, 4) is 0 Å². The van der Waals surface area contributed by atoms with Crippen LogP contribution in [0.25, 0.3) is 0 Å². The Kier molecular flexibility index (Phi) is 8.15. The van der Waals surface area contributed by atoms with E-state index < -0.39 is 30.7 Å². The molecule has 0 fully saturated rings. The van der Waals surface area contributed by atoms with Gasteiger partial charge in [0.25, 0.3) is 20.2 Å². The highest BCUT2D eigenvalue weighted by molar-refractivity contribution is 8.00. The summed E-state index contributed by atoms with van der Waals surface area (Å²) in [7, 11) is -8.11. The maximum atomic E-state index is 12.0. The van der Waals surface area contributed by atoms with Crippen molar-refractivity contribution in [3.63, 3.8) is 0 Å². The summed E-state index contributed by atoms with van der Waals surface area (Å²) < 4.78 is 52.5. The second-order valence-corrected chi connectivity index (χ2v) is 8.54. The van der Waals surface area contributed by atoms with Crippen LogP contribution in [0.2, 0.25) is 0 Å². The zero-order valence-corrected chi connectivity index (χ0v) is 13.9. The van der Waals surface area contributed by atoms with E-state index in [1.165, 1.54) is 0 Å². The summed E-state index contributed by atoms with van der Waals surface area (Å²) in [5, 5.41) is -1.49. The minimum Gasteiger partial charge on any atom is -0.198 e. The van der Waals surface area contributed by atoms with Gasteiger partial charge in [0, 0.05) is 0 Å². The Hall–Kier alpha value is -0.140. The molecule has 116 valence electrons. The van der Waals surface area contributed by atoms with Crippen LogP contribution < -0.4 is 0 Å². The van der Waals surface area contributed by atoms with Gasteiger partial charge in [-0.1, -0.05) is 40.5 Å². The van der Waals surface area contributed by atoms with Crippen LogP contribution in [0.4, 0.5) is 0 Å². The fourth-order valence-electron chi connectivity index (χ4n) is 1.99. The molecule has 0 saturated heterocycles. The van der Waals surface area contributed by atoms with Crippen molar-refractivity contribution in [1.82, 2.24) is 0 Å². The monoisotopic (exact) mass is 314 g/mol. The highest BCUT2D eigenvalue weighted by atomic mass is 32.3. The van der Waals surface area contributed by atoms with Gasteiger partial charge in [-0.15, -0.1) is 3.63 Å². The lowest BCUT2D eigenvalue weighted by atomic mass is 10.2. The van der Waals surface area contributed by atoms with Crippen LogP contribution in [0.1, 0.15) is 66.2 Å². The van der Waals surface area contributed by atoms with E-state index in [1.54, 1.807) is 13.8 Å². The molecule has 0 aliphatic carbocycles. The van der Waals surface area contributed by atoms with Crippen molar-refractivity contribution >= 4 is 20.2 Å². The van der Waals surface area contributed by atoms with E-state index in [-0.39, 0.29) is 0 Å². The lowest BCUT2D eigenvalue weighted by Crippen LogP contribution is -2.31. The Bertz CT molecular complexity index is 397. The summed E-state index contributed by atoms with van der Waals surface area (Å²) in [5.74, 6) is 0. The van der Waals surface area contributed by atoms with Gasteiger partial charge < -0.3 is 0 Å². The zero-order chi connectivity index (χ0) is 15.1. The highest BCUT2D eigenvalue weighted by Gasteiger charge is 2.34. The molecular weight excluding hydrogens is 288 g/mol. The van der Waals surface area contributed by atoms with E-state index in [4.69, 9.17) is 0 Å². The van der Waals surface area contributed by atoms with Gasteiger partial charge in [-0.2, -0.15) is 16.8 Å². The van der Waals surface area contributed by atoms with Crippen molar-refractivity contribution in [2.75, 3.05) is 0 Å². The first-order valence-electron chi connectivity index (χ1n) is 6.93. The Labute approximate surface area is 118 Å². The Morgan fingerprint density at radius 1 is 0.737 bits per heavy atom. The second-order valence-electron chi connectivity index (χ2n) is 4.69. The highest BCUT2D eigenvalue weighted by Crippen LogP contribution is 2.22. The number of rotatable bonds is 10. The predicted octanol–water partition coefficient (Wildman–Crippen LogP) is 2.82. The minimum absolute atomic E-state index is 0.357.